The fourth-order valence-corrected chi connectivity index (χ4v) is 4.71. The Labute approximate surface area is 148 Å². The van der Waals surface area contributed by atoms with Crippen LogP contribution in [0.25, 0.3) is 10.1 Å². The Balaban J connectivity index is 1.45. The van der Waals surface area contributed by atoms with Crippen LogP contribution in [0, 0.1) is 0 Å². The number of anilines is 2. The highest BCUT2D eigenvalue weighted by Crippen LogP contribution is 2.38. The molecule has 1 fully saturated rings. The number of fused-ring (bicyclic) bond motifs is 3. The van der Waals surface area contributed by atoms with E-state index in [9.17, 15) is 0 Å². The summed E-state index contributed by atoms with van der Waals surface area (Å²) in [5, 5.41) is 9.61. The van der Waals surface area contributed by atoms with Crippen molar-refractivity contribution in [2.75, 3.05) is 70.2 Å². The second-order valence-corrected chi connectivity index (χ2v) is 8.05. The lowest BCUT2D eigenvalue weighted by Gasteiger charge is -2.36. The molecule has 0 spiro atoms. The molecular formula is C18H27N5S. The van der Waals surface area contributed by atoms with Crippen molar-refractivity contribution >= 4 is 32.1 Å². The van der Waals surface area contributed by atoms with E-state index in [0.717, 1.165) is 45.9 Å². The maximum atomic E-state index is 3.46. The highest BCUT2D eigenvalue weighted by Gasteiger charge is 2.19. The minimum atomic E-state index is 0.877. The maximum absolute atomic E-state index is 3.46. The molecule has 0 aliphatic carbocycles. The summed E-state index contributed by atoms with van der Waals surface area (Å²) in [5.74, 6) is 0. The van der Waals surface area contributed by atoms with E-state index in [4.69, 9.17) is 0 Å². The van der Waals surface area contributed by atoms with Gasteiger partial charge in [-0.15, -0.1) is 11.3 Å². The largest absolute Gasteiger partial charge is 0.369 e. The van der Waals surface area contributed by atoms with Crippen molar-refractivity contribution in [3.8, 4) is 0 Å². The van der Waals surface area contributed by atoms with Gasteiger partial charge in [-0.3, -0.25) is 10.2 Å². The van der Waals surface area contributed by atoms with Crippen LogP contribution in [0.5, 0.6) is 0 Å². The fourth-order valence-electron chi connectivity index (χ4n) is 3.55. The van der Waals surface area contributed by atoms with E-state index < -0.39 is 0 Å². The second kappa shape index (κ2) is 6.88. The molecule has 0 saturated carbocycles. The molecule has 2 aliphatic heterocycles. The van der Waals surface area contributed by atoms with Gasteiger partial charge in [-0.25, -0.2) is 0 Å². The Hall–Kier alpha value is -1.34. The molecule has 0 atom stereocenters. The van der Waals surface area contributed by atoms with E-state index in [2.05, 4.69) is 57.6 Å². The van der Waals surface area contributed by atoms with E-state index >= 15 is 0 Å². The molecule has 6 heteroatoms. The summed E-state index contributed by atoms with van der Waals surface area (Å²) in [4.78, 5) is 7.38. The van der Waals surface area contributed by atoms with Gasteiger partial charge in [0.1, 0.15) is 0 Å². The Kier molecular flexibility index (Phi) is 4.63. The van der Waals surface area contributed by atoms with Crippen LogP contribution in [-0.2, 0) is 6.54 Å². The van der Waals surface area contributed by atoms with Crippen LogP contribution in [0.4, 0.5) is 10.7 Å². The molecule has 3 heterocycles. The van der Waals surface area contributed by atoms with Crippen LogP contribution >= 0.6 is 11.3 Å². The summed E-state index contributed by atoms with van der Waals surface area (Å²) in [5.41, 5.74) is 2.81. The lowest BCUT2D eigenvalue weighted by molar-refractivity contribution is 0.229. The van der Waals surface area contributed by atoms with Gasteiger partial charge < -0.3 is 15.1 Å². The third-order valence-electron chi connectivity index (χ3n) is 5.05. The first kappa shape index (κ1) is 16.1. The SMILES string of the molecule is CN(C)CCN1CCN(c2ccc3c4c(sc3c2)NCNC4)CC1. The van der Waals surface area contributed by atoms with Crippen LogP contribution < -0.4 is 15.5 Å². The van der Waals surface area contributed by atoms with E-state index in [-0.39, 0.29) is 0 Å². The summed E-state index contributed by atoms with van der Waals surface area (Å²) < 4.78 is 1.41. The molecule has 1 saturated heterocycles. The molecule has 2 aromatic rings. The molecule has 0 amide bonds. The first-order chi connectivity index (χ1) is 11.7. The van der Waals surface area contributed by atoms with E-state index in [1.54, 1.807) is 0 Å². The van der Waals surface area contributed by atoms with Crippen molar-refractivity contribution in [2.24, 2.45) is 0 Å². The first-order valence-electron chi connectivity index (χ1n) is 8.83. The summed E-state index contributed by atoms with van der Waals surface area (Å²) in [6, 6.07) is 7.00. The van der Waals surface area contributed by atoms with Crippen molar-refractivity contribution < 1.29 is 0 Å². The number of hydrogen-bond donors (Lipinski definition) is 2. The minimum Gasteiger partial charge on any atom is -0.369 e. The topological polar surface area (TPSA) is 33.8 Å². The number of hydrogen-bond acceptors (Lipinski definition) is 6. The minimum absolute atomic E-state index is 0.877. The summed E-state index contributed by atoms with van der Waals surface area (Å²) in [6.45, 7) is 8.77. The van der Waals surface area contributed by atoms with Crippen LogP contribution in [0.2, 0.25) is 0 Å². The number of benzene rings is 1. The Bertz CT molecular complexity index is 703. The average Bonchev–Trinajstić information content (AvgIpc) is 2.98. The monoisotopic (exact) mass is 345 g/mol. The van der Waals surface area contributed by atoms with Gasteiger partial charge in [-0.1, -0.05) is 6.07 Å². The van der Waals surface area contributed by atoms with Crippen molar-refractivity contribution in [2.45, 2.75) is 6.54 Å². The van der Waals surface area contributed by atoms with Crippen molar-refractivity contribution in [1.29, 1.82) is 0 Å². The first-order valence-corrected chi connectivity index (χ1v) is 9.64. The molecule has 130 valence electrons. The zero-order valence-electron chi connectivity index (χ0n) is 14.6. The number of thiophene rings is 1. The zero-order valence-corrected chi connectivity index (χ0v) is 15.5. The normalized spacial score (nSPS) is 18.9. The molecule has 1 aromatic carbocycles. The van der Waals surface area contributed by atoms with Gasteiger partial charge in [0.2, 0.25) is 0 Å². The molecule has 1 aromatic heterocycles. The van der Waals surface area contributed by atoms with Gasteiger partial charge in [0, 0.05) is 61.8 Å². The highest BCUT2D eigenvalue weighted by atomic mass is 32.1. The smallest absolute Gasteiger partial charge is 0.0950 e. The van der Waals surface area contributed by atoms with Crippen LogP contribution in [0.1, 0.15) is 5.56 Å². The molecule has 2 N–H and O–H groups in total. The van der Waals surface area contributed by atoms with Crippen molar-refractivity contribution in [1.82, 2.24) is 15.1 Å². The number of rotatable bonds is 4. The molecule has 24 heavy (non-hydrogen) atoms. The standard InChI is InChI=1S/C18H27N5S/c1-21(2)5-6-22-7-9-23(10-8-22)14-3-4-15-16-12-19-13-20-18(16)24-17(15)11-14/h3-4,11,19-20H,5-10,12-13H2,1-2H3. The molecule has 2 aliphatic rings. The van der Waals surface area contributed by atoms with Crippen LogP contribution in [0.3, 0.4) is 0 Å². The van der Waals surface area contributed by atoms with E-state index in [1.165, 1.54) is 32.9 Å². The van der Waals surface area contributed by atoms with Gasteiger partial charge in [0.05, 0.1) is 11.7 Å². The maximum Gasteiger partial charge on any atom is 0.0950 e. The average molecular weight is 346 g/mol. The van der Waals surface area contributed by atoms with Gasteiger partial charge in [0.25, 0.3) is 0 Å². The highest BCUT2D eigenvalue weighted by molar-refractivity contribution is 7.23. The van der Waals surface area contributed by atoms with Crippen LogP contribution in [0.15, 0.2) is 18.2 Å². The molecule has 0 bridgehead atoms. The van der Waals surface area contributed by atoms with Crippen LogP contribution in [-0.4, -0.2) is 69.8 Å². The second-order valence-electron chi connectivity index (χ2n) is 7.00. The molecule has 0 radical (unpaired) electrons. The third kappa shape index (κ3) is 3.24. The Morgan fingerprint density at radius 1 is 1.17 bits per heavy atom. The Morgan fingerprint density at radius 3 is 2.79 bits per heavy atom. The molecule has 0 unspecified atom stereocenters. The lowest BCUT2D eigenvalue weighted by Crippen LogP contribution is -2.48. The van der Waals surface area contributed by atoms with Gasteiger partial charge in [0.15, 0.2) is 0 Å². The number of piperazine rings is 1. The number of likely N-dealkylation sites (N-methyl/N-ethyl adjacent to an activating group) is 1. The quantitative estimate of drug-likeness (QED) is 0.887. The van der Waals surface area contributed by atoms with Gasteiger partial charge in [-0.2, -0.15) is 0 Å². The zero-order chi connectivity index (χ0) is 16.5. The Morgan fingerprint density at radius 2 is 2.00 bits per heavy atom. The predicted octanol–water partition coefficient (Wildman–Crippen LogP) is 2.06. The summed E-state index contributed by atoms with van der Waals surface area (Å²) >= 11 is 1.90. The summed E-state index contributed by atoms with van der Waals surface area (Å²) in [7, 11) is 4.30. The van der Waals surface area contributed by atoms with Gasteiger partial charge >= 0.3 is 0 Å². The van der Waals surface area contributed by atoms with E-state index in [1.807, 2.05) is 11.3 Å². The molecule has 5 nitrogen and oxygen atoms in total. The molecular weight excluding hydrogens is 318 g/mol. The summed E-state index contributed by atoms with van der Waals surface area (Å²) in [6.07, 6.45) is 0. The number of nitrogens with zero attached hydrogens (tertiary/aromatic N) is 3. The fraction of sp³-hybridized carbons (Fsp3) is 0.556. The van der Waals surface area contributed by atoms with E-state index in [0.29, 0.717) is 0 Å². The van der Waals surface area contributed by atoms with Gasteiger partial charge in [-0.05, 0) is 31.6 Å². The predicted molar refractivity (Wildman–Crippen MR) is 104 cm³/mol. The van der Waals surface area contributed by atoms with Crippen molar-refractivity contribution in [3.63, 3.8) is 0 Å². The third-order valence-corrected chi connectivity index (χ3v) is 6.21. The van der Waals surface area contributed by atoms with Crippen molar-refractivity contribution in [3.05, 3.63) is 23.8 Å². The number of nitrogens with one attached hydrogen (secondary N) is 2. The molecule has 4 rings (SSSR count). The lowest BCUT2D eigenvalue weighted by atomic mass is 10.1.